The van der Waals surface area contributed by atoms with Gasteiger partial charge in [0.15, 0.2) is 11.5 Å². The van der Waals surface area contributed by atoms with Crippen molar-refractivity contribution >= 4 is 0 Å². The lowest BCUT2D eigenvalue weighted by Crippen LogP contribution is -2.40. The van der Waals surface area contributed by atoms with E-state index in [0.29, 0.717) is 12.1 Å². The van der Waals surface area contributed by atoms with Gasteiger partial charge in [-0.3, -0.25) is 4.90 Å². The van der Waals surface area contributed by atoms with E-state index in [1.165, 1.54) is 0 Å². The number of phenols is 2. The molecule has 0 heterocycles. The molecule has 0 saturated heterocycles. The molecule has 106 valence electrons. The predicted molar refractivity (Wildman–Crippen MR) is 76.1 cm³/mol. The summed E-state index contributed by atoms with van der Waals surface area (Å²) in [7, 11) is 0. The molecule has 4 N–H and O–H groups in total. The summed E-state index contributed by atoms with van der Waals surface area (Å²) in [6.07, 6.45) is 4.50. The average Bonchev–Trinajstić information content (AvgIpc) is 2.41. The number of aromatic hydroxyl groups is 2. The van der Waals surface area contributed by atoms with Gasteiger partial charge in [-0.25, -0.2) is 0 Å². The highest BCUT2D eigenvalue weighted by Crippen LogP contribution is 2.27. The molecular formula is C15H24N2O2. The summed E-state index contributed by atoms with van der Waals surface area (Å²) in [6.45, 7) is 3.96. The minimum atomic E-state index is -0.0598. The van der Waals surface area contributed by atoms with Gasteiger partial charge in [0.2, 0.25) is 0 Å². The van der Waals surface area contributed by atoms with Gasteiger partial charge in [0.1, 0.15) is 0 Å². The van der Waals surface area contributed by atoms with Crippen molar-refractivity contribution in [2.24, 2.45) is 5.73 Å². The van der Waals surface area contributed by atoms with E-state index in [1.54, 1.807) is 12.1 Å². The number of hydrogen-bond donors (Lipinski definition) is 3. The van der Waals surface area contributed by atoms with Gasteiger partial charge in [0.25, 0.3) is 0 Å². The average molecular weight is 264 g/mol. The molecule has 0 unspecified atom stereocenters. The third kappa shape index (κ3) is 3.61. The predicted octanol–water partition coefficient (Wildman–Crippen LogP) is 2.19. The zero-order chi connectivity index (χ0) is 13.8. The maximum atomic E-state index is 9.55. The molecular weight excluding hydrogens is 240 g/mol. The van der Waals surface area contributed by atoms with Crippen LogP contribution in [0.1, 0.15) is 38.2 Å². The second-order valence-corrected chi connectivity index (χ2v) is 5.45. The quantitative estimate of drug-likeness (QED) is 0.729. The first-order valence-electron chi connectivity index (χ1n) is 7.10. The molecule has 1 fully saturated rings. The molecule has 0 radical (unpaired) electrons. The van der Waals surface area contributed by atoms with E-state index >= 15 is 0 Å². The van der Waals surface area contributed by atoms with E-state index in [1.807, 2.05) is 6.07 Å². The van der Waals surface area contributed by atoms with Crippen molar-refractivity contribution in [2.45, 2.75) is 51.2 Å². The molecule has 2 rings (SSSR count). The fourth-order valence-electron chi connectivity index (χ4n) is 2.87. The third-order valence-electron chi connectivity index (χ3n) is 4.09. The second-order valence-electron chi connectivity index (χ2n) is 5.45. The van der Waals surface area contributed by atoms with Crippen molar-refractivity contribution in [3.05, 3.63) is 23.8 Å². The third-order valence-corrected chi connectivity index (χ3v) is 4.09. The zero-order valence-electron chi connectivity index (χ0n) is 11.5. The van der Waals surface area contributed by atoms with Crippen molar-refractivity contribution in [2.75, 3.05) is 6.54 Å². The summed E-state index contributed by atoms with van der Waals surface area (Å²) in [5, 5.41) is 18.9. The van der Waals surface area contributed by atoms with Crippen molar-refractivity contribution < 1.29 is 10.2 Å². The van der Waals surface area contributed by atoms with Gasteiger partial charge in [0, 0.05) is 18.6 Å². The molecule has 0 aromatic heterocycles. The van der Waals surface area contributed by atoms with E-state index < -0.39 is 0 Å². The SMILES string of the molecule is CCN(Cc1ccc(O)c(O)c1)C1CCC(N)CC1. The highest BCUT2D eigenvalue weighted by molar-refractivity contribution is 5.40. The first kappa shape index (κ1) is 14.2. The summed E-state index contributed by atoms with van der Waals surface area (Å²) in [4.78, 5) is 2.43. The van der Waals surface area contributed by atoms with Crippen LogP contribution in [0.15, 0.2) is 18.2 Å². The Hall–Kier alpha value is -1.26. The van der Waals surface area contributed by atoms with E-state index in [4.69, 9.17) is 5.73 Å². The Bertz CT molecular complexity index is 415. The van der Waals surface area contributed by atoms with Crippen LogP contribution in [-0.2, 0) is 6.54 Å². The fourth-order valence-corrected chi connectivity index (χ4v) is 2.87. The number of nitrogens with zero attached hydrogens (tertiary/aromatic N) is 1. The Morgan fingerprint density at radius 3 is 2.42 bits per heavy atom. The molecule has 4 heteroatoms. The van der Waals surface area contributed by atoms with Gasteiger partial charge < -0.3 is 15.9 Å². The van der Waals surface area contributed by atoms with Gasteiger partial charge in [0.05, 0.1) is 0 Å². The van der Waals surface area contributed by atoms with Gasteiger partial charge >= 0.3 is 0 Å². The molecule has 0 aliphatic heterocycles. The molecule has 1 saturated carbocycles. The van der Waals surface area contributed by atoms with Crippen LogP contribution >= 0.6 is 0 Å². The molecule has 0 amide bonds. The van der Waals surface area contributed by atoms with Crippen LogP contribution in [0.3, 0.4) is 0 Å². The van der Waals surface area contributed by atoms with E-state index in [2.05, 4.69) is 11.8 Å². The molecule has 1 aromatic carbocycles. The first-order valence-corrected chi connectivity index (χ1v) is 7.10. The molecule has 0 bridgehead atoms. The number of nitrogens with two attached hydrogens (primary N) is 1. The van der Waals surface area contributed by atoms with Crippen LogP contribution < -0.4 is 5.73 Å². The van der Waals surface area contributed by atoms with Crippen molar-refractivity contribution in [1.82, 2.24) is 4.90 Å². The van der Waals surface area contributed by atoms with Gasteiger partial charge in [-0.05, 0) is 49.9 Å². The van der Waals surface area contributed by atoms with Gasteiger partial charge in [-0.15, -0.1) is 0 Å². The molecule has 4 nitrogen and oxygen atoms in total. The second kappa shape index (κ2) is 6.26. The molecule has 0 atom stereocenters. The van der Waals surface area contributed by atoms with Crippen LogP contribution in [0.4, 0.5) is 0 Å². The number of phenolic OH excluding ortho intramolecular Hbond substituents is 2. The van der Waals surface area contributed by atoms with E-state index in [9.17, 15) is 10.2 Å². The largest absolute Gasteiger partial charge is 0.504 e. The molecule has 1 aliphatic carbocycles. The minimum absolute atomic E-state index is 0.0424. The van der Waals surface area contributed by atoms with Crippen molar-refractivity contribution in [3.63, 3.8) is 0 Å². The maximum Gasteiger partial charge on any atom is 0.157 e. The summed E-state index contributed by atoms with van der Waals surface area (Å²) in [5.74, 6) is -0.102. The lowest BCUT2D eigenvalue weighted by molar-refractivity contribution is 0.149. The topological polar surface area (TPSA) is 69.7 Å². The van der Waals surface area contributed by atoms with Crippen molar-refractivity contribution in [1.29, 1.82) is 0 Å². The van der Waals surface area contributed by atoms with Crippen LogP contribution in [0.2, 0.25) is 0 Å². The molecule has 0 spiro atoms. The van der Waals surface area contributed by atoms with E-state index in [-0.39, 0.29) is 11.5 Å². The summed E-state index contributed by atoms with van der Waals surface area (Å²) in [5.41, 5.74) is 6.98. The molecule has 1 aromatic rings. The Labute approximate surface area is 114 Å². The van der Waals surface area contributed by atoms with E-state index in [0.717, 1.165) is 44.3 Å². The Kier molecular flexibility index (Phi) is 4.66. The van der Waals surface area contributed by atoms with Crippen LogP contribution in [-0.4, -0.2) is 33.7 Å². The number of benzene rings is 1. The van der Waals surface area contributed by atoms with Gasteiger partial charge in [-0.1, -0.05) is 13.0 Å². The lowest BCUT2D eigenvalue weighted by atomic mass is 9.90. The maximum absolute atomic E-state index is 9.55. The Morgan fingerprint density at radius 2 is 1.84 bits per heavy atom. The van der Waals surface area contributed by atoms with Crippen LogP contribution in [0.5, 0.6) is 11.5 Å². The minimum Gasteiger partial charge on any atom is -0.504 e. The van der Waals surface area contributed by atoms with Crippen LogP contribution in [0, 0.1) is 0 Å². The summed E-state index contributed by atoms with van der Waals surface area (Å²) in [6, 6.07) is 6.02. The molecule has 19 heavy (non-hydrogen) atoms. The Morgan fingerprint density at radius 1 is 1.16 bits per heavy atom. The zero-order valence-corrected chi connectivity index (χ0v) is 11.5. The van der Waals surface area contributed by atoms with Gasteiger partial charge in [-0.2, -0.15) is 0 Å². The number of hydrogen-bond acceptors (Lipinski definition) is 4. The summed E-state index contributed by atoms with van der Waals surface area (Å²) < 4.78 is 0. The highest BCUT2D eigenvalue weighted by atomic mass is 16.3. The Balaban J connectivity index is 2.00. The lowest BCUT2D eigenvalue weighted by Gasteiger charge is -2.35. The summed E-state index contributed by atoms with van der Waals surface area (Å²) >= 11 is 0. The highest BCUT2D eigenvalue weighted by Gasteiger charge is 2.23. The molecule has 1 aliphatic rings. The first-order chi connectivity index (χ1) is 9.10. The fraction of sp³-hybridized carbons (Fsp3) is 0.600. The van der Waals surface area contributed by atoms with Crippen molar-refractivity contribution in [3.8, 4) is 11.5 Å². The standard InChI is InChI=1S/C15H24N2O2/c1-2-17(13-6-4-12(16)5-7-13)10-11-3-8-14(18)15(19)9-11/h3,8-9,12-13,18-19H,2,4-7,10,16H2,1H3. The normalized spacial score (nSPS) is 23.7. The van der Waals surface area contributed by atoms with Crippen LogP contribution in [0.25, 0.3) is 0 Å². The monoisotopic (exact) mass is 264 g/mol. The number of rotatable bonds is 4. The smallest absolute Gasteiger partial charge is 0.157 e.